The topological polar surface area (TPSA) is 78.8 Å². The molecule has 5 heteroatoms. The minimum absolute atomic E-state index is 0.0820. The zero-order valence-corrected chi connectivity index (χ0v) is 9.93. The number of nitrogens with one attached hydrogen (secondary N) is 1. The third-order valence-corrected chi connectivity index (χ3v) is 2.18. The SMILES string of the molecule is CCOCC(C)NC(=O)c1ccc(O)cc1O. The van der Waals surface area contributed by atoms with Crippen LogP contribution in [0.5, 0.6) is 11.5 Å². The molecule has 0 aliphatic heterocycles. The van der Waals surface area contributed by atoms with Crippen molar-refractivity contribution < 1.29 is 19.7 Å². The van der Waals surface area contributed by atoms with Crippen molar-refractivity contribution in [2.24, 2.45) is 0 Å². The molecule has 1 aromatic carbocycles. The summed E-state index contributed by atoms with van der Waals surface area (Å²) in [5, 5.41) is 21.3. The highest BCUT2D eigenvalue weighted by atomic mass is 16.5. The van der Waals surface area contributed by atoms with Gasteiger partial charge in [0.2, 0.25) is 0 Å². The molecule has 0 bridgehead atoms. The summed E-state index contributed by atoms with van der Waals surface area (Å²) in [6, 6.07) is 3.70. The van der Waals surface area contributed by atoms with Gasteiger partial charge < -0.3 is 20.3 Å². The second-order valence-electron chi connectivity index (χ2n) is 3.74. The van der Waals surface area contributed by atoms with Crippen molar-refractivity contribution in [1.29, 1.82) is 0 Å². The largest absolute Gasteiger partial charge is 0.508 e. The molecule has 1 unspecified atom stereocenters. The number of phenols is 2. The molecule has 0 saturated heterocycles. The Morgan fingerprint density at radius 3 is 2.76 bits per heavy atom. The fraction of sp³-hybridized carbons (Fsp3) is 0.417. The van der Waals surface area contributed by atoms with Crippen LogP contribution in [0.1, 0.15) is 24.2 Å². The van der Waals surface area contributed by atoms with Gasteiger partial charge in [-0.15, -0.1) is 0 Å². The summed E-state index contributed by atoms with van der Waals surface area (Å²) in [6.45, 7) is 4.69. The Morgan fingerprint density at radius 2 is 2.18 bits per heavy atom. The molecule has 0 aliphatic rings. The van der Waals surface area contributed by atoms with E-state index in [1.807, 2.05) is 13.8 Å². The number of phenolic OH excluding ortho intramolecular Hbond substituents is 2. The number of amides is 1. The van der Waals surface area contributed by atoms with Crippen molar-refractivity contribution in [3.8, 4) is 11.5 Å². The highest BCUT2D eigenvalue weighted by molar-refractivity contribution is 5.97. The van der Waals surface area contributed by atoms with Gasteiger partial charge in [-0.1, -0.05) is 0 Å². The van der Waals surface area contributed by atoms with E-state index in [1.165, 1.54) is 12.1 Å². The number of carbonyl (C=O) groups is 1. The molecule has 0 saturated carbocycles. The first-order chi connectivity index (χ1) is 8.04. The van der Waals surface area contributed by atoms with E-state index in [9.17, 15) is 9.90 Å². The van der Waals surface area contributed by atoms with E-state index >= 15 is 0 Å². The lowest BCUT2D eigenvalue weighted by Crippen LogP contribution is -2.35. The Bertz CT molecular complexity index is 392. The van der Waals surface area contributed by atoms with Gasteiger partial charge in [-0.25, -0.2) is 0 Å². The van der Waals surface area contributed by atoms with Crippen LogP contribution in [0.15, 0.2) is 18.2 Å². The first kappa shape index (κ1) is 13.3. The molecule has 1 amide bonds. The summed E-state index contributed by atoms with van der Waals surface area (Å²) < 4.78 is 5.16. The van der Waals surface area contributed by atoms with Crippen LogP contribution in [0.4, 0.5) is 0 Å². The van der Waals surface area contributed by atoms with E-state index in [1.54, 1.807) is 0 Å². The van der Waals surface area contributed by atoms with Gasteiger partial charge in [-0.05, 0) is 26.0 Å². The van der Waals surface area contributed by atoms with Crippen LogP contribution in [-0.2, 0) is 4.74 Å². The third-order valence-electron chi connectivity index (χ3n) is 2.18. The monoisotopic (exact) mass is 239 g/mol. The number of carbonyl (C=O) groups excluding carboxylic acids is 1. The predicted molar refractivity (Wildman–Crippen MR) is 63.2 cm³/mol. The average molecular weight is 239 g/mol. The normalized spacial score (nSPS) is 12.1. The van der Waals surface area contributed by atoms with Crippen LogP contribution in [0, 0.1) is 0 Å². The molecule has 3 N–H and O–H groups in total. The lowest BCUT2D eigenvalue weighted by molar-refractivity contribution is 0.0869. The van der Waals surface area contributed by atoms with E-state index < -0.39 is 5.91 Å². The maximum Gasteiger partial charge on any atom is 0.255 e. The van der Waals surface area contributed by atoms with Crippen molar-refractivity contribution in [3.63, 3.8) is 0 Å². The highest BCUT2D eigenvalue weighted by Crippen LogP contribution is 2.22. The Balaban J connectivity index is 2.63. The standard InChI is InChI=1S/C12H17NO4/c1-3-17-7-8(2)13-12(16)10-5-4-9(14)6-11(10)15/h4-6,8,14-15H,3,7H2,1-2H3,(H,13,16). The molecule has 1 aromatic rings. The van der Waals surface area contributed by atoms with Crippen LogP contribution < -0.4 is 5.32 Å². The fourth-order valence-electron chi connectivity index (χ4n) is 1.35. The van der Waals surface area contributed by atoms with Gasteiger partial charge in [0.25, 0.3) is 5.91 Å². The Morgan fingerprint density at radius 1 is 1.47 bits per heavy atom. The van der Waals surface area contributed by atoms with Gasteiger partial charge in [0.05, 0.1) is 12.2 Å². The van der Waals surface area contributed by atoms with Crippen LogP contribution in [0.25, 0.3) is 0 Å². The van der Waals surface area contributed by atoms with Crippen LogP contribution in [0.2, 0.25) is 0 Å². The molecule has 0 radical (unpaired) electrons. The molecule has 5 nitrogen and oxygen atoms in total. The summed E-state index contributed by atoms with van der Waals surface area (Å²) in [5.74, 6) is -0.720. The van der Waals surface area contributed by atoms with Gasteiger partial charge in [-0.3, -0.25) is 4.79 Å². The van der Waals surface area contributed by atoms with Gasteiger partial charge in [0.15, 0.2) is 0 Å². The van der Waals surface area contributed by atoms with Gasteiger partial charge in [-0.2, -0.15) is 0 Å². The maximum absolute atomic E-state index is 11.7. The van der Waals surface area contributed by atoms with Crippen LogP contribution >= 0.6 is 0 Å². The maximum atomic E-state index is 11.7. The average Bonchev–Trinajstić information content (AvgIpc) is 2.26. The van der Waals surface area contributed by atoms with E-state index in [-0.39, 0.29) is 23.1 Å². The minimum atomic E-state index is -0.394. The molecule has 0 fully saturated rings. The molecule has 1 rings (SSSR count). The molecule has 1 atom stereocenters. The van der Waals surface area contributed by atoms with E-state index in [4.69, 9.17) is 9.84 Å². The molecule has 0 aromatic heterocycles. The lowest BCUT2D eigenvalue weighted by atomic mass is 10.1. The highest BCUT2D eigenvalue weighted by Gasteiger charge is 2.13. The Labute approximate surface area is 100 Å². The summed E-state index contributed by atoms with van der Waals surface area (Å²) >= 11 is 0. The molecular weight excluding hydrogens is 222 g/mol. The van der Waals surface area contributed by atoms with Crippen molar-refractivity contribution in [1.82, 2.24) is 5.32 Å². The summed E-state index contributed by atoms with van der Waals surface area (Å²) in [5.41, 5.74) is 0.131. The van der Waals surface area contributed by atoms with Crippen molar-refractivity contribution >= 4 is 5.91 Å². The number of ether oxygens (including phenoxy) is 1. The van der Waals surface area contributed by atoms with Crippen LogP contribution in [0.3, 0.4) is 0 Å². The molecule has 94 valence electrons. The number of hydrogen-bond donors (Lipinski definition) is 3. The number of aromatic hydroxyl groups is 2. The second-order valence-corrected chi connectivity index (χ2v) is 3.74. The zero-order chi connectivity index (χ0) is 12.8. The Kier molecular flexibility index (Phi) is 4.78. The second kappa shape index (κ2) is 6.10. The number of rotatable bonds is 5. The predicted octanol–water partition coefficient (Wildman–Crippen LogP) is 1.25. The van der Waals surface area contributed by atoms with Crippen molar-refractivity contribution in [2.75, 3.05) is 13.2 Å². The summed E-state index contributed by atoms with van der Waals surface area (Å²) in [4.78, 5) is 11.7. The molecular formula is C12H17NO4. The Hall–Kier alpha value is -1.75. The molecule has 0 spiro atoms. The van der Waals surface area contributed by atoms with Gasteiger partial charge >= 0.3 is 0 Å². The van der Waals surface area contributed by atoms with Crippen molar-refractivity contribution in [2.45, 2.75) is 19.9 Å². The quantitative estimate of drug-likeness (QED) is 0.722. The minimum Gasteiger partial charge on any atom is -0.508 e. The molecule has 17 heavy (non-hydrogen) atoms. The first-order valence-electron chi connectivity index (χ1n) is 5.45. The third kappa shape index (κ3) is 3.96. The number of hydrogen-bond acceptors (Lipinski definition) is 4. The van der Waals surface area contributed by atoms with Gasteiger partial charge in [0.1, 0.15) is 11.5 Å². The van der Waals surface area contributed by atoms with Crippen molar-refractivity contribution in [3.05, 3.63) is 23.8 Å². The van der Waals surface area contributed by atoms with E-state index in [2.05, 4.69) is 5.32 Å². The lowest BCUT2D eigenvalue weighted by Gasteiger charge is -2.14. The van der Waals surface area contributed by atoms with E-state index in [0.717, 1.165) is 6.07 Å². The number of benzene rings is 1. The van der Waals surface area contributed by atoms with Gasteiger partial charge in [0, 0.05) is 18.7 Å². The van der Waals surface area contributed by atoms with E-state index in [0.29, 0.717) is 13.2 Å². The summed E-state index contributed by atoms with van der Waals surface area (Å²) in [7, 11) is 0. The van der Waals surface area contributed by atoms with Crippen LogP contribution in [-0.4, -0.2) is 35.4 Å². The smallest absolute Gasteiger partial charge is 0.255 e. The molecule has 0 heterocycles. The summed E-state index contributed by atoms with van der Waals surface area (Å²) in [6.07, 6.45) is 0. The first-order valence-corrected chi connectivity index (χ1v) is 5.45. The fourth-order valence-corrected chi connectivity index (χ4v) is 1.35. The molecule has 0 aliphatic carbocycles. The zero-order valence-electron chi connectivity index (χ0n) is 9.93.